The molecule has 0 radical (unpaired) electrons. The number of nitrogens with zero attached hydrogens (tertiary/aromatic N) is 3. The lowest BCUT2D eigenvalue weighted by atomic mass is 10.1. The Kier molecular flexibility index (Phi) is 3.92. The molecule has 1 aliphatic carbocycles. The number of aryl methyl sites for hydroxylation is 1. The van der Waals surface area contributed by atoms with Gasteiger partial charge in [0.2, 0.25) is 0 Å². The van der Waals surface area contributed by atoms with Gasteiger partial charge in [-0.3, -0.25) is 4.68 Å². The topological polar surface area (TPSA) is 68.8 Å². The number of nitrogens with two attached hydrogens (primary N) is 1. The quantitative estimate of drug-likeness (QED) is 0.866. The fourth-order valence-electron chi connectivity index (χ4n) is 3.70. The minimum absolute atomic E-state index is 0.182. The van der Waals surface area contributed by atoms with E-state index in [4.69, 9.17) is 17.3 Å². The lowest BCUT2D eigenvalue weighted by molar-refractivity contribution is -0.137. The van der Waals surface area contributed by atoms with Gasteiger partial charge in [-0.05, 0) is 37.1 Å². The average Bonchev–Trinajstić information content (AvgIpc) is 2.92. The number of hydrogen-bond donors (Lipinski definition) is 2. The first-order valence-electron chi connectivity index (χ1n) is 8.10. The first-order chi connectivity index (χ1) is 11.8. The SMILES string of the molecule is Nc1ncc(-c2cc(C3C4CNC[C@@H]43)n(CCC(F)(F)F)n2)cc1Cl. The molecule has 9 heteroatoms. The molecule has 1 aliphatic heterocycles. The molecule has 134 valence electrons. The van der Waals surface area contributed by atoms with Gasteiger partial charge in [-0.2, -0.15) is 18.3 Å². The van der Waals surface area contributed by atoms with Gasteiger partial charge in [0.1, 0.15) is 5.82 Å². The van der Waals surface area contributed by atoms with Crippen molar-refractivity contribution in [2.75, 3.05) is 18.8 Å². The van der Waals surface area contributed by atoms with Crippen molar-refractivity contribution in [2.24, 2.45) is 11.8 Å². The van der Waals surface area contributed by atoms with Crippen LogP contribution in [-0.2, 0) is 6.54 Å². The van der Waals surface area contributed by atoms with Crippen molar-refractivity contribution in [3.05, 3.63) is 29.0 Å². The van der Waals surface area contributed by atoms with Crippen LogP contribution in [0.15, 0.2) is 18.3 Å². The van der Waals surface area contributed by atoms with Crippen molar-refractivity contribution in [2.45, 2.75) is 25.1 Å². The van der Waals surface area contributed by atoms with E-state index in [0.717, 1.165) is 18.8 Å². The fraction of sp³-hybridized carbons (Fsp3) is 0.500. The van der Waals surface area contributed by atoms with E-state index < -0.39 is 12.6 Å². The molecule has 0 spiro atoms. The van der Waals surface area contributed by atoms with Crippen LogP contribution < -0.4 is 11.1 Å². The number of pyridine rings is 1. The van der Waals surface area contributed by atoms with Gasteiger partial charge in [0.25, 0.3) is 0 Å². The molecule has 4 rings (SSSR count). The molecule has 1 saturated carbocycles. The van der Waals surface area contributed by atoms with Crippen molar-refractivity contribution in [3.8, 4) is 11.3 Å². The summed E-state index contributed by atoms with van der Waals surface area (Å²) in [6.45, 7) is 1.63. The zero-order valence-corrected chi connectivity index (χ0v) is 14.0. The number of anilines is 1. The van der Waals surface area contributed by atoms with E-state index in [9.17, 15) is 13.2 Å². The number of halogens is 4. The van der Waals surface area contributed by atoms with Crippen molar-refractivity contribution >= 4 is 17.4 Å². The summed E-state index contributed by atoms with van der Waals surface area (Å²) in [6, 6.07) is 3.50. The summed E-state index contributed by atoms with van der Waals surface area (Å²) in [4.78, 5) is 4.00. The summed E-state index contributed by atoms with van der Waals surface area (Å²) >= 11 is 6.01. The summed E-state index contributed by atoms with van der Waals surface area (Å²) in [5.41, 5.74) is 7.70. The van der Waals surface area contributed by atoms with Crippen molar-refractivity contribution in [3.63, 3.8) is 0 Å². The maximum Gasteiger partial charge on any atom is 0.390 e. The highest BCUT2D eigenvalue weighted by Gasteiger charge is 2.55. The number of nitrogens with one attached hydrogen (secondary N) is 1. The maximum absolute atomic E-state index is 12.7. The first-order valence-corrected chi connectivity index (χ1v) is 8.48. The smallest absolute Gasteiger partial charge is 0.382 e. The molecule has 3 N–H and O–H groups in total. The van der Waals surface area contributed by atoms with Crippen molar-refractivity contribution in [1.82, 2.24) is 20.1 Å². The Morgan fingerprint density at radius 1 is 1.28 bits per heavy atom. The molecule has 25 heavy (non-hydrogen) atoms. The third-order valence-corrected chi connectivity index (χ3v) is 5.32. The fourth-order valence-corrected chi connectivity index (χ4v) is 3.86. The van der Waals surface area contributed by atoms with Crippen molar-refractivity contribution < 1.29 is 13.2 Å². The molecule has 2 fully saturated rings. The van der Waals surface area contributed by atoms with Crippen LogP contribution in [0.2, 0.25) is 5.02 Å². The molecular weight excluding hydrogens is 355 g/mol. The summed E-state index contributed by atoms with van der Waals surface area (Å²) < 4.78 is 39.5. The molecule has 0 amide bonds. The molecule has 0 aromatic carbocycles. The summed E-state index contributed by atoms with van der Waals surface area (Å²) in [5, 5.41) is 8.00. The van der Waals surface area contributed by atoms with E-state index in [0.29, 0.717) is 28.1 Å². The molecule has 3 atom stereocenters. The first kappa shape index (κ1) is 16.7. The molecule has 3 heterocycles. The van der Waals surface area contributed by atoms with E-state index in [1.807, 2.05) is 6.07 Å². The number of aromatic nitrogens is 3. The Morgan fingerprint density at radius 2 is 2.00 bits per heavy atom. The Balaban J connectivity index is 1.66. The monoisotopic (exact) mass is 371 g/mol. The number of hydrogen-bond acceptors (Lipinski definition) is 4. The lowest BCUT2D eigenvalue weighted by Crippen LogP contribution is -2.18. The van der Waals surface area contributed by atoms with Crippen LogP contribution in [0.1, 0.15) is 18.0 Å². The van der Waals surface area contributed by atoms with Crippen LogP contribution in [0.3, 0.4) is 0 Å². The number of nitrogen functional groups attached to an aromatic ring is 1. The van der Waals surface area contributed by atoms with E-state index in [-0.39, 0.29) is 18.3 Å². The lowest BCUT2D eigenvalue weighted by Gasteiger charge is -2.11. The summed E-state index contributed by atoms with van der Waals surface area (Å²) in [6.07, 6.45) is -3.57. The van der Waals surface area contributed by atoms with E-state index in [2.05, 4.69) is 15.4 Å². The highest BCUT2D eigenvalue weighted by Crippen LogP contribution is 2.56. The van der Waals surface area contributed by atoms with Crippen LogP contribution in [0, 0.1) is 11.8 Å². The standard InChI is InChI=1S/C16H17ClF3N5/c17-11-3-8(5-23-15(11)21)12-4-13(14-9-6-22-7-10(9)14)25(24-12)2-1-16(18,19)20/h3-5,9-10,14,22H,1-2,6-7H2,(H2,21,23)/t9-,10?,14?/m0/s1. The molecule has 2 aromatic heterocycles. The summed E-state index contributed by atoms with van der Waals surface area (Å²) in [7, 11) is 0. The highest BCUT2D eigenvalue weighted by molar-refractivity contribution is 6.33. The Labute approximate surface area is 147 Å². The van der Waals surface area contributed by atoms with Crippen LogP contribution in [0.4, 0.5) is 19.0 Å². The van der Waals surface area contributed by atoms with Gasteiger partial charge in [0, 0.05) is 29.9 Å². The van der Waals surface area contributed by atoms with E-state index in [1.54, 1.807) is 6.07 Å². The average molecular weight is 372 g/mol. The number of piperidine rings is 1. The van der Waals surface area contributed by atoms with Gasteiger partial charge in [-0.15, -0.1) is 0 Å². The van der Waals surface area contributed by atoms with Crippen LogP contribution in [-0.4, -0.2) is 34.0 Å². The second-order valence-electron chi connectivity index (χ2n) is 6.65. The second kappa shape index (κ2) is 5.88. The molecule has 5 nitrogen and oxygen atoms in total. The number of rotatable bonds is 4. The third-order valence-electron chi connectivity index (χ3n) is 5.02. The minimum Gasteiger partial charge on any atom is -0.382 e. The largest absolute Gasteiger partial charge is 0.390 e. The highest BCUT2D eigenvalue weighted by atomic mass is 35.5. The van der Waals surface area contributed by atoms with Gasteiger partial charge < -0.3 is 11.1 Å². The van der Waals surface area contributed by atoms with Gasteiger partial charge in [-0.25, -0.2) is 4.98 Å². The zero-order valence-electron chi connectivity index (χ0n) is 13.2. The molecule has 1 saturated heterocycles. The minimum atomic E-state index is -4.21. The number of fused-ring (bicyclic) bond motifs is 1. The number of alkyl halides is 3. The van der Waals surface area contributed by atoms with Crippen LogP contribution >= 0.6 is 11.6 Å². The molecule has 0 bridgehead atoms. The third kappa shape index (κ3) is 3.20. The van der Waals surface area contributed by atoms with Gasteiger partial charge in [-0.1, -0.05) is 11.6 Å². The molecular formula is C16H17ClF3N5. The summed E-state index contributed by atoms with van der Waals surface area (Å²) in [5.74, 6) is 1.46. The van der Waals surface area contributed by atoms with Gasteiger partial charge in [0.05, 0.1) is 17.1 Å². The molecule has 2 aromatic rings. The van der Waals surface area contributed by atoms with Crippen LogP contribution in [0.25, 0.3) is 11.3 Å². The van der Waals surface area contributed by atoms with E-state index >= 15 is 0 Å². The normalized spacial score (nSPS) is 25.2. The molecule has 2 aliphatic rings. The van der Waals surface area contributed by atoms with Gasteiger partial charge in [0.15, 0.2) is 0 Å². The predicted molar refractivity (Wildman–Crippen MR) is 88.1 cm³/mol. The van der Waals surface area contributed by atoms with Gasteiger partial charge >= 0.3 is 6.18 Å². The Bertz CT molecular complexity index is 794. The van der Waals surface area contributed by atoms with Crippen molar-refractivity contribution in [1.29, 1.82) is 0 Å². The zero-order chi connectivity index (χ0) is 17.8. The molecule has 2 unspecified atom stereocenters. The second-order valence-corrected chi connectivity index (χ2v) is 7.05. The van der Waals surface area contributed by atoms with Crippen LogP contribution in [0.5, 0.6) is 0 Å². The van der Waals surface area contributed by atoms with E-state index in [1.165, 1.54) is 10.9 Å². The Morgan fingerprint density at radius 3 is 2.64 bits per heavy atom. The Hall–Kier alpha value is -1.80. The maximum atomic E-state index is 12.7. The predicted octanol–water partition coefficient (Wildman–Crippen LogP) is 3.07.